The lowest BCUT2D eigenvalue weighted by molar-refractivity contribution is 0.0988. The third kappa shape index (κ3) is 3.14. The summed E-state index contributed by atoms with van der Waals surface area (Å²) >= 11 is 9.29. The average molecular weight is 361 g/mol. The Morgan fingerprint density at radius 2 is 1.81 bits per heavy atom. The molecule has 4 heteroatoms. The number of para-hydroxylation sites is 1. The minimum atomic E-state index is -0.0186. The molecule has 0 atom stereocenters. The number of fused-ring (bicyclic) bond motifs is 1. The molecule has 21 heavy (non-hydrogen) atoms. The summed E-state index contributed by atoms with van der Waals surface area (Å²) in [5, 5.41) is 1.67. The maximum Gasteiger partial charge on any atom is 0.186 e. The molecule has 0 unspecified atom stereocenters. The Balaban J connectivity index is 1.93. The van der Waals surface area contributed by atoms with Gasteiger partial charge in [0.1, 0.15) is 5.69 Å². The second-order valence-corrected chi connectivity index (χ2v) is 6.03. The Morgan fingerprint density at radius 3 is 2.57 bits per heavy atom. The zero-order valence-electron chi connectivity index (χ0n) is 11.0. The summed E-state index contributed by atoms with van der Waals surface area (Å²) in [6.45, 7) is 0. The summed E-state index contributed by atoms with van der Waals surface area (Å²) in [5.41, 5.74) is 2.20. The van der Waals surface area contributed by atoms with Crippen LogP contribution in [0.1, 0.15) is 16.1 Å². The minimum Gasteiger partial charge on any atom is -0.292 e. The molecule has 1 aromatic heterocycles. The molecule has 0 aliphatic heterocycles. The highest BCUT2D eigenvalue weighted by atomic mass is 79.9. The van der Waals surface area contributed by atoms with E-state index in [0.29, 0.717) is 17.1 Å². The van der Waals surface area contributed by atoms with Crippen LogP contribution in [0.2, 0.25) is 5.02 Å². The first-order valence-corrected chi connectivity index (χ1v) is 7.63. The molecule has 0 spiro atoms. The van der Waals surface area contributed by atoms with E-state index in [4.69, 9.17) is 11.6 Å². The fraction of sp³-hybridized carbons (Fsp3) is 0.0588. The van der Waals surface area contributed by atoms with Crippen LogP contribution >= 0.6 is 27.5 Å². The van der Waals surface area contributed by atoms with Crippen LogP contribution in [0.15, 0.2) is 59.1 Å². The summed E-state index contributed by atoms with van der Waals surface area (Å²) in [6.07, 6.45) is 0.307. The van der Waals surface area contributed by atoms with E-state index in [0.717, 1.165) is 20.9 Å². The van der Waals surface area contributed by atoms with Crippen molar-refractivity contribution >= 4 is 44.2 Å². The Kier molecular flexibility index (Phi) is 4.04. The molecule has 3 aromatic rings. The molecule has 104 valence electrons. The van der Waals surface area contributed by atoms with Crippen molar-refractivity contribution in [2.75, 3.05) is 0 Å². The molecule has 0 amide bonds. The standard InChI is InChI=1S/C17H11BrClNO/c18-14-10-12-3-1-2-4-15(12)20-17(14)16(21)9-11-5-7-13(19)8-6-11/h1-8,10H,9H2. The van der Waals surface area contributed by atoms with Crippen molar-refractivity contribution in [1.29, 1.82) is 0 Å². The number of carbonyl (C=O) groups is 1. The first-order chi connectivity index (χ1) is 10.1. The number of benzene rings is 2. The quantitative estimate of drug-likeness (QED) is 0.610. The van der Waals surface area contributed by atoms with Crippen molar-refractivity contribution in [3.8, 4) is 0 Å². The highest BCUT2D eigenvalue weighted by Gasteiger charge is 2.14. The molecule has 0 aliphatic carbocycles. The monoisotopic (exact) mass is 359 g/mol. The second-order valence-electron chi connectivity index (χ2n) is 4.74. The molecular formula is C17H11BrClNO. The zero-order chi connectivity index (χ0) is 14.8. The van der Waals surface area contributed by atoms with Gasteiger partial charge in [0.15, 0.2) is 5.78 Å². The van der Waals surface area contributed by atoms with Gasteiger partial charge < -0.3 is 0 Å². The average Bonchev–Trinajstić information content (AvgIpc) is 2.49. The van der Waals surface area contributed by atoms with Crippen molar-refractivity contribution in [2.45, 2.75) is 6.42 Å². The SMILES string of the molecule is O=C(Cc1ccc(Cl)cc1)c1nc2ccccc2cc1Br. The fourth-order valence-electron chi connectivity index (χ4n) is 2.16. The van der Waals surface area contributed by atoms with Crippen LogP contribution in [0, 0.1) is 0 Å². The maximum atomic E-state index is 12.4. The molecule has 0 N–H and O–H groups in total. The van der Waals surface area contributed by atoms with Crippen molar-refractivity contribution in [2.24, 2.45) is 0 Å². The molecule has 0 saturated carbocycles. The van der Waals surface area contributed by atoms with Crippen LogP contribution in [0.3, 0.4) is 0 Å². The van der Waals surface area contributed by atoms with Gasteiger partial charge in [0.2, 0.25) is 0 Å². The second kappa shape index (κ2) is 5.96. The van der Waals surface area contributed by atoms with Gasteiger partial charge in [-0.3, -0.25) is 4.79 Å². The summed E-state index contributed by atoms with van der Waals surface area (Å²) in [6, 6.07) is 17.0. The van der Waals surface area contributed by atoms with Gasteiger partial charge in [0, 0.05) is 21.3 Å². The van der Waals surface area contributed by atoms with Gasteiger partial charge in [0.05, 0.1) is 5.52 Å². The Bertz CT molecular complexity index is 815. The number of aromatic nitrogens is 1. The minimum absolute atomic E-state index is 0.0186. The third-order valence-corrected chi connectivity index (χ3v) is 4.08. The number of nitrogens with zero attached hydrogens (tertiary/aromatic N) is 1. The van der Waals surface area contributed by atoms with Crippen molar-refractivity contribution in [3.63, 3.8) is 0 Å². The maximum absolute atomic E-state index is 12.4. The number of hydrogen-bond acceptors (Lipinski definition) is 2. The molecule has 0 radical (unpaired) electrons. The number of Topliss-reactive ketones (excluding diaryl/α,β-unsaturated/α-hetero) is 1. The van der Waals surface area contributed by atoms with Crippen LogP contribution in [0.25, 0.3) is 10.9 Å². The molecule has 2 aromatic carbocycles. The summed E-state index contributed by atoms with van der Waals surface area (Å²) < 4.78 is 0.722. The lowest BCUT2D eigenvalue weighted by atomic mass is 10.1. The van der Waals surface area contributed by atoms with Crippen molar-refractivity contribution in [3.05, 3.63) is 75.4 Å². The van der Waals surface area contributed by atoms with Crippen LogP contribution in [0.5, 0.6) is 0 Å². The largest absolute Gasteiger partial charge is 0.292 e. The molecule has 3 rings (SSSR count). The molecule has 1 heterocycles. The van der Waals surface area contributed by atoms with Crippen LogP contribution in [-0.2, 0) is 6.42 Å². The first kappa shape index (κ1) is 14.2. The number of halogens is 2. The Labute approximate surface area is 135 Å². The number of pyridine rings is 1. The summed E-state index contributed by atoms with van der Waals surface area (Å²) in [7, 11) is 0. The predicted molar refractivity (Wildman–Crippen MR) is 88.9 cm³/mol. The zero-order valence-corrected chi connectivity index (χ0v) is 13.4. The van der Waals surface area contributed by atoms with Gasteiger partial charge >= 0.3 is 0 Å². The van der Waals surface area contributed by atoms with Gasteiger partial charge in [-0.05, 0) is 45.8 Å². The van der Waals surface area contributed by atoms with Crippen LogP contribution < -0.4 is 0 Å². The third-order valence-electron chi connectivity index (χ3n) is 3.22. The molecular weight excluding hydrogens is 350 g/mol. The summed E-state index contributed by atoms with van der Waals surface area (Å²) in [5.74, 6) is -0.0186. The van der Waals surface area contributed by atoms with E-state index < -0.39 is 0 Å². The van der Waals surface area contributed by atoms with E-state index in [2.05, 4.69) is 20.9 Å². The van der Waals surface area contributed by atoms with Gasteiger partial charge in [0.25, 0.3) is 0 Å². The predicted octanol–water partition coefficient (Wildman–Crippen LogP) is 5.08. The van der Waals surface area contributed by atoms with Crippen molar-refractivity contribution in [1.82, 2.24) is 4.98 Å². The number of ketones is 1. The Hall–Kier alpha value is -1.71. The summed E-state index contributed by atoms with van der Waals surface area (Å²) in [4.78, 5) is 16.9. The highest BCUT2D eigenvalue weighted by Crippen LogP contribution is 2.23. The van der Waals surface area contributed by atoms with E-state index in [9.17, 15) is 4.79 Å². The van der Waals surface area contributed by atoms with Gasteiger partial charge in [-0.15, -0.1) is 0 Å². The number of hydrogen-bond donors (Lipinski definition) is 0. The highest BCUT2D eigenvalue weighted by molar-refractivity contribution is 9.10. The molecule has 0 aliphatic rings. The Morgan fingerprint density at radius 1 is 1.10 bits per heavy atom. The van der Waals surface area contributed by atoms with Crippen molar-refractivity contribution < 1.29 is 4.79 Å². The molecule has 0 bridgehead atoms. The van der Waals surface area contributed by atoms with E-state index in [-0.39, 0.29) is 5.78 Å². The van der Waals surface area contributed by atoms with E-state index in [1.54, 1.807) is 12.1 Å². The van der Waals surface area contributed by atoms with Gasteiger partial charge in [-0.1, -0.05) is 41.9 Å². The number of carbonyl (C=O) groups excluding carboxylic acids is 1. The molecule has 2 nitrogen and oxygen atoms in total. The van der Waals surface area contributed by atoms with Crippen LogP contribution in [0.4, 0.5) is 0 Å². The topological polar surface area (TPSA) is 30.0 Å². The lowest BCUT2D eigenvalue weighted by Crippen LogP contribution is -2.07. The normalized spacial score (nSPS) is 10.8. The first-order valence-electron chi connectivity index (χ1n) is 6.46. The number of rotatable bonds is 3. The fourth-order valence-corrected chi connectivity index (χ4v) is 2.84. The van der Waals surface area contributed by atoms with E-state index in [1.807, 2.05) is 42.5 Å². The molecule has 0 saturated heterocycles. The van der Waals surface area contributed by atoms with Crippen LogP contribution in [-0.4, -0.2) is 10.8 Å². The molecule has 0 fully saturated rings. The lowest BCUT2D eigenvalue weighted by Gasteiger charge is -2.06. The van der Waals surface area contributed by atoms with Gasteiger partial charge in [-0.2, -0.15) is 0 Å². The smallest absolute Gasteiger partial charge is 0.186 e. The van der Waals surface area contributed by atoms with Gasteiger partial charge in [-0.25, -0.2) is 4.98 Å². The van der Waals surface area contributed by atoms with E-state index in [1.165, 1.54) is 0 Å². The van der Waals surface area contributed by atoms with E-state index >= 15 is 0 Å².